The van der Waals surface area contributed by atoms with Gasteiger partial charge in [-0.3, -0.25) is 9.59 Å². The maximum Gasteiger partial charge on any atom is 0.319 e. The Balaban J connectivity index is 0.000000852. The Labute approximate surface area is 203 Å². The van der Waals surface area contributed by atoms with Crippen molar-refractivity contribution >= 4 is 23.6 Å². The van der Waals surface area contributed by atoms with Crippen molar-refractivity contribution in [1.82, 2.24) is 10.6 Å². The van der Waals surface area contributed by atoms with E-state index in [4.69, 9.17) is 0 Å². The Kier molecular flexibility index (Phi) is 12.4. The summed E-state index contributed by atoms with van der Waals surface area (Å²) in [6.07, 6.45) is 0. The van der Waals surface area contributed by atoms with E-state index < -0.39 is 0 Å². The molecule has 0 aliphatic rings. The minimum atomic E-state index is -0.283. The fourth-order valence-electron chi connectivity index (χ4n) is 3.43. The second-order valence-electron chi connectivity index (χ2n) is 8.54. The van der Waals surface area contributed by atoms with Crippen LogP contribution in [0.15, 0.2) is 48.5 Å². The highest BCUT2D eigenvalue weighted by molar-refractivity contribution is 5.91. The summed E-state index contributed by atoms with van der Waals surface area (Å²) in [7, 11) is 0. The van der Waals surface area contributed by atoms with Crippen LogP contribution in [0, 0.1) is 0 Å². The van der Waals surface area contributed by atoms with Crippen LogP contribution in [0.4, 0.5) is 10.5 Å². The summed E-state index contributed by atoms with van der Waals surface area (Å²) in [5.74, 6) is 0.247. The van der Waals surface area contributed by atoms with E-state index in [2.05, 4.69) is 60.5 Å². The Morgan fingerprint density at radius 1 is 0.853 bits per heavy atom. The zero-order valence-corrected chi connectivity index (χ0v) is 21.4. The second kappa shape index (κ2) is 14.7. The number of hydrogen-bond donors (Lipinski definition) is 3. The molecule has 0 heterocycles. The van der Waals surface area contributed by atoms with Gasteiger partial charge >= 0.3 is 12.0 Å². The van der Waals surface area contributed by atoms with Crippen LogP contribution >= 0.6 is 0 Å². The molecule has 1 unspecified atom stereocenters. The first-order chi connectivity index (χ1) is 16.1. The third kappa shape index (κ3) is 10.1. The van der Waals surface area contributed by atoms with Gasteiger partial charge in [-0.25, -0.2) is 4.79 Å². The van der Waals surface area contributed by atoms with E-state index in [1.807, 2.05) is 36.4 Å². The number of anilines is 1. The lowest BCUT2D eigenvalue weighted by Crippen LogP contribution is -2.39. The predicted molar refractivity (Wildman–Crippen MR) is 137 cm³/mol. The first-order valence-corrected chi connectivity index (χ1v) is 11.7. The molecule has 1 atom stereocenters. The molecule has 7 nitrogen and oxygen atoms in total. The summed E-state index contributed by atoms with van der Waals surface area (Å²) < 4.78 is 4.40. The monoisotopic (exact) mass is 469 g/mol. The quantitative estimate of drug-likeness (QED) is 0.445. The van der Waals surface area contributed by atoms with Crippen molar-refractivity contribution in [3.05, 3.63) is 65.2 Å². The van der Waals surface area contributed by atoms with Crippen LogP contribution in [-0.2, 0) is 14.3 Å². The van der Waals surface area contributed by atoms with Crippen molar-refractivity contribution in [3.63, 3.8) is 0 Å². The summed E-state index contributed by atoms with van der Waals surface area (Å²) in [4.78, 5) is 34.0. The smallest absolute Gasteiger partial charge is 0.319 e. The van der Waals surface area contributed by atoms with E-state index in [0.717, 1.165) is 22.4 Å². The minimum absolute atomic E-state index is 0.136. The third-order valence-electron chi connectivity index (χ3n) is 5.01. The Hall–Kier alpha value is -3.35. The summed E-state index contributed by atoms with van der Waals surface area (Å²) in [5, 5.41) is 8.84. The lowest BCUT2D eigenvalue weighted by Gasteiger charge is -2.22. The van der Waals surface area contributed by atoms with Crippen LogP contribution in [0.5, 0.6) is 0 Å². The van der Waals surface area contributed by atoms with Crippen molar-refractivity contribution in [2.45, 2.75) is 66.3 Å². The third-order valence-corrected chi connectivity index (χ3v) is 5.01. The topological polar surface area (TPSA) is 96.5 Å². The van der Waals surface area contributed by atoms with Crippen molar-refractivity contribution in [3.8, 4) is 0 Å². The van der Waals surface area contributed by atoms with Crippen LogP contribution < -0.4 is 16.0 Å². The maximum atomic E-state index is 12.6. The number of nitrogens with one attached hydrogen (secondary N) is 3. The fraction of sp³-hybridized carbons (Fsp3) is 0.444. The highest BCUT2D eigenvalue weighted by atomic mass is 16.5. The van der Waals surface area contributed by atoms with Gasteiger partial charge in [-0.1, -0.05) is 76.2 Å². The van der Waals surface area contributed by atoms with E-state index in [-0.39, 0.29) is 23.9 Å². The average molecular weight is 470 g/mol. The molecule has 3 amide bonds. The van der Waals surface area contributed by atoms with Crippen molar-refractivity contribution in [2.75, 3.05) is 18.5 Å². The Bertz CT molecular complexity index is 900. The zero-order chi connectivity index (χ0) is 25.7. The number of carbonyl (C=O) groups is 3. The van der Waals surface area contributed by atoms with Crippen LogP contribution in [-0.4, -0.2) is 31.1 Å². The molecule has 186 valence electrons. The van der Waals surface area contributed by atoms with E-state index in [1.165, 1.54) is 13.8 Å². The standard InChI is InChI=1S/C23H31N3O2.C4H8O2/c1-15(2)19-12-9-13-20(16(3)4)22(19)26-23(28)24-14-21(25-17(5)27)18-10-7-6-8-11-18;1-3-6-4(2)5/h6-13,15-16,21H,14H2,1-5H3,(H,25,27)(H2,24,26,28);3H2,1-2H3. The number of rotatable bonds is 8. The Morgan fingerprint density at radius 2 is 1.41 bits per heavy atom. The summed E-state index contributed by atoms with van der Waals surface area (Å²) in [5.41, 5.74) is 4.05. The number of ether oxygens (including phenoxy) is 1. The number of esters is 1. The van der Waals surface area contributed by atoms with Gasteiger partial charge < -0.3 is 20.7 Å². The predicted octanol–water partition coefficient (Wildman–Crippen LogP) is 5.50. The number of carbonyl (C=O) groups excluding carboxylic acids is 3. The van der Waals surface area contributed by atoms with Gasteiger partial charge in [0.2, 0.25) is 5.91 Å². The lowest BCUT2D eigenvalue weighted by molar-refractivity contribution is -0.140. The van der Waals surface area contributed by atoms with Crippen LogP contribution in [0.3, 0.4) is 0 Å². The minimum Gasteiger partial charge on any atom is -0.466 e. The molecule has 7 heteroatoms. The largest absolute Gasteiger partial charge is 0.466 e. The fourth-order valence-corrected chi connectivity index (χ4v) is 3.43. The molecule has 0 aliphatic carbocycles. The normalized spacial score (nSPS) is 11.2. The molecule has 0 saturated carbocycles. The second-order valence-corrected chi connectivity index (χ2v) is 8.54. The van der Waals surface area contributed by atoms with Gasteiger partial charge in [-0.2, -0.15) is 0 Å². The molecule has 0 aromatic heterocycles. The molecular weight excluding hydrogens is 430 g/mol. The molecule has 0 bridgehead atoms. The van der Waals surface area contributed by atoms with Gasteiger partial charge in [0, 0.05) is 26.1 Å². The van der Waals surface area contributed by atoms with Crippen LogP contribution in [0.25, 0.3) is 0 Å². The van der Waals surface area contributed by atoms with Gasteiger partial charge in [0.1, 0.15) is 0 Å². The molecule has 0 fully saturated rings. The van der Waals surface area contributed by atoms with E-state index in [9.17, 15) is 14.4 Å². The first kappa shape index (κ1) is 28.7. The van der Waals surface area contributed by atoms with Crippen LogP contribution in [0.2, 0.25) is 0 Å². The SMILES string of the molecule is CC(=O)NC(CNC(=O)Nc1c(C(C)C)cccc1C(C)C)c1ccccc1.CCOC(C)=O. The molecule has 34 heavy (non-hydrogen) atoms. The number of benzene rings is 2. The maximum absolute atomic E-state index is 12.6. The summed E-state index contributed by atoms with van der Waals surface area (Å²) >= 11 is 0. The molecule has 0 saturated heterocycles. The molecular formula is C27H39N3O4. The average Bonchev–Trinajstić information content (AvgIpc) is 2.77. The molecule has 0 spiro atoms. The molecule has 0 radical (unpaired) electrons. The number of hydrogen-bond acceptors (Lipinski definition) is 4. The number of amides is 3. The van der Waals surface area contributed by atoms with Gasteiger partial charge in [-0.15, -0.1) is 0 Å². The Morgan fingerprint density at radius 3 is 1.82 bits per heavy atom. The first-order valence-electron chi connectivity index (χ1n) is 11.7. The highest BCUT2D eigenvalue weighted by Crippen LogP contribution is 2.32. The van der Waals surface area contributed by atoms with Gasteiger partial charge in [-0.05, 0) is 35.4 Å². The summed E-state index contributed by atoms with van der Waals surface area (Å²) in [6, 6.07) is 15.2. The number of para-hydroxylation sites is 1. The molecule has 2 rings (SSSR count). The summed E-state index contributed by atoms with van der Waals surface area (Å²) in [6.45, 7) is 13.9. The highest BCUT2D eigenvalue weighted by Gasteiger charge is 2.18. The van der Waals surface area contributed by atoms with Gasteiger partial charge in [0.25, 0.3) is 0 Å². The molecule has 2 aromatic carbocycles. The van der Waals surface area contributed by atoms with Crippen molar-refractivity contribution in [1.29, 1.82) is 0 Å². The molecule has 2 aromatic rings. The van der Waals surface area contributed by atoms with Crippen molar-refractivity contribution < 1.29 is 19.1 Å². The van der Waals surface area contributed by atoms with E-state index in [1.54, 1.807) is 6.92 Å². The molecule has 0 aliphatic heterocycles. The molecule has 3 N–H and O–H groups in total. The van der Waals surface area contributed by atoms with Crippen molar-refractivity contribution in [2.24, 2.45) is 0 Å². The van der Waals surface area contributed by atoms with Crippen LogP contribution in [0.1, 0.15) is 83.0 Å². The van der Waals surface area contributed by atoms with E-state index in [0.29, 0.717) is 25.0 Å². The number of urea groups is 1. The zero-order valence-electron chi connectivity index (χ0n) is 21.4. The van der Waals surface area contributed by atoms with E-state index >= 15 is 0 Å². The van der Waals surface area contributed by atoms with Gasteiger partial charge in [0.05, 0.1) is 12.6 Å². The lowest BCUT2D eigenvalue weighted by atomic mass is 9.93. The van der Waals surface area contributed by atoms with Gasteiger partial charge in [0.15, 0.2) is 0 Å².